The summed E-state index contributed by atoms with van der Waals surface area (Å²) in [6.45, 7) is 4.62. The Kier molecular flexibility index (Phi) is 5.86. The van der Waals surface area contributed by atoms with Gasteiger partial charge >= 0.3 is 0 Å². The molecule has 0 bridgehead atoms. The highest BCUT2D eigenvalue weighted by molar-refractivity contribution is 5.99. The molecule has 1 aromatic heterocycles. The van der Waals surface area contributed by atoms with Crippen molar-refractivity contribution in [1.29, 1.82) is 0 Å². The smallest absolute Gasteiger partial charge is 0.273 e. The van der Waals surface area contributed by atoms with Gasteiger partial charge < -0.3 is 14.7 Å². The van der Waals surface area contributed by atoms with Crippen molar-refractivity contribution in [2.24, 2.45) is 0 Å². The van der Waals surface area contributed by atoms with E-state index in [4.69, 9.17) is 0 Å². The minimum Gasteiger partial charge on any atom is -0.339 e. The lowest BCUT2D eigenvalue weighted by Crippen LogP contribution is -2.50. The largest absolute Gasteiger partial charge is 0.339 e. The summed E-state index contributed by atoms with van der Waals surface area (Å²) >= 11 is 0. The molecule has 2 amide bonds. The molecule has 0 spiro atoms. The molecule has 142 valence electrons. The molecule has 3 rings (SSSR count). The first kappa shape index (κ1) is 19.0. The van der Waals surface area contributed by atoms with Gasteiger partial charge in [-0.3, -0.25) is 14.6 Å². The van der Waals surface area contributed by atoms with Gasteiger partial charge in [0, 0.05) is 51.4 Å². The third-order valence-corrected chi connectivity index (χ3v) is 4.76. The number of amides is 2. The minimum atomic E-state index is -0.0770. The Morgan fingerprint density at radius 3 is 2.41 bits per heavy atom. The van der Waals surface area contributed by atoms with E-state index in [1.54, 1.807) is 22.9 Å². The van der Waals surface area contributed by atoms with Gasteiger partial charge in [-0.15, -0.1) is 0 Å². The highest BCUT2D eigenvalue weighted by Crippen LogP contribution is 2.25. The van der Waals surface area contributed by atoms with Crippen LogP contribution in [-0.2, 0) is 11.3 Å². The third-order valence-electron chi connectivity index (χ3n) is 4.76. The molecule has 0 N–H and O–H groups in total. The van der Waals surface area contributed by atoms with E-state index >= 15 is 0 Å². The SMILES string of the molecule is CC(=O)N1CCN(C(=O)c2ncccc2-c2cccc(CN(C)C)c2)CC1. The van der Waals surface area contributed by atoms with E-state index in [2.05, 4.69) is 22.0 Å². The van der Waals surface area contributed by atoms with Gasteiger partial charge in [-0.25, -0.2) is 0 Å². The second-order valence-corrected chi connectivity index (χ2v) is 7.14. The fourth-order valence-electron chi connectivity index (χ4n) is 3.39. The molecule has 0 atom stereocenters. The summed E-state index contributed by atoms with van der Waals surface area (Å²) in [6, 6.07) is 12.0. The molecule has 0 aliphatic carbocycles. The summed E-state index contributed by atoms with van der Waals surface area (Å²) in [7, 11) is 4.07. The van der Waals surface area contributed by atoms with Gasteiger partial charge in [0.05, 0.1) is 0 Å². The highest BCUT2D eigenvalue weighted by Gasteiger charge is 2.25. The lowest BCUT2D eigenvalue weighted by Gasteiger charge is -2.34. The van der Waals surface area contributed by atoms with Crippen LogP contribution >= 0.6 is 0 Å². The number of nitrogens with zero attached hydrogens (tertiary/aromatic N) is 4. The van der Waals surface area contributed by atoms with Gasteiger partial charge in [0.1, 0.15) is 5.69 Å². The number of carbonyl (C=O) groups is 2. The van der Waals surface area contributed by atoms with Crippen LogP contribution < -0.4 is 0 Å². The number of aromatic nitrogens is 1. The molecule has 2 aromatic rings. The first-order valence-corrected chi connectivity index (χ1v) is 9.19. The lowest BCUT2D eigenvalue weighted by atomic mass is 10.0. The summed E-state index contributed by atoms with van der Waals surface area (Å²) in [5, 5.41) is 0. The van der Waals surface area contributed by atoms with E-state index in [-0.39, 0.29) is 11.8 Å². The van der Waals surface area contributed by atoms with Crippen molar-refractivity contribution in [3.8, 4) is 11.1 Å². The van der Waals surface area contributed by atoms with Crippen molar-refractivity contribution < 1.29 is 9.59 Å². The minimum absolute atomic E-state index is 0.0540. The number of benzene rings is 1. The number of rotatable bonds is 4. The molecular weight excluding hydrogens is 340 g/mol. The first-order valence-electron chi connectivity index (χ1n) is 9.19. The van der Waals surface area contributed by atoms with Crippen LogP contribution in [0.25, 0.3) is 11.1 Å². The number of carbonyl (C=O) groups excluding carboxylic acids is 2. The van der Waals surface area contributed by atoms with Crippen LogP contribution in [0.5, 0.6) is 0 Å². The van der Waals surface area contributed by atoms with E-state index < -0.39 is 0 Å². The van der Waals surface area contributed by atoms with Crippen molar-refractivity contribution in [3.05, 3.63) is 53.9 Å². The van der Waals surface area contributed by atoms with Crippen molar-refractivity contribution in [1.82, 2.24) is 19.7 Å². The lowest BCUT2D eigenvalue weighted by molar-refractivity contribution is -0.130. The maximum Gasteiger partial charge on any atom is 0.273 e. The topological polar surface area (TPSA) is 56.8 Å². The summed E-state index contributed by atoms with van der Waals surface area (Å²) in [6.07, 6.45) is 1.66. The molecule has 0 unspecified atom stereocenters. The Balaban J connectivity index is 1.84. The zero-order chi connectivity index (χ0) is 19.4. The third kappa shape index (κ3) is 4.52. The van der Waals surface area contributed by atoms with Crippen LogP contribution in [0.15, 0.2) is 42.6 Å². The Labute approximate surface area is 160 Å². The van der Waals surface area contributed by atoms with Gasteiger partial charge in [0.15, 0.2) is 0 Å². The zero-order valence-corrected chi connectivity index (χ0v) is 16.2. The van der Waals surface area contributed by atoms with E-state index in [1.165, 1.54) is 5.56 Å². The predicted molar refractivity (Wildman–Crippen MR) is 105 cm³/mol. The Morgan fingerprint density at radius 1 is 1.04 bits per heavy atom. The Morgan fingerprint density at radius 2 is 1.74 bits per heavy atom. The number of hydrogen-bond acceptors (Lipinski definition) is 4. The molecule has 1 saturated heterocycles. The fourth-order valence-corrected chi connectivity index (χ4v) is 3.39. The molecule has 1 aromatic carbocycles. The molecule has 2 heterocycles. The average molecular weight is 366 g/mol. The number of piperazine rings is 1. The quantitative estimate of drug-likeness (QED) is 0.832. The highest BCUT2D eigenvalue weighted by atomic mass is 16.2. The van der Waals surface area contributed by atoms with E-state index in [9.17, 15) is 9.59 Å². The van der Waals surface area contributed by atoms with Crippen LogP contribution in [0.2, 0.25) is 0 Å². The standard InChI is InChI=1S/C21H26N4O2/c1-16(26)24-10-12-25(13-11-24)21(27)20-19(8-5-9-22-20)18-7-4-6-17(14-18)15-23(2)3/h4-9,14H,10-13,15H2,1-3H3. The summed E-state index contributed by atoms with van der Waals surface area (Å²) in [5.41, 5.74) is 3.50. The molecule has 27 heavy (non-hydrogen) atoms. The van der Waals surface area contributed by atoms with Crippen molar-refractivity contribution in [2.75, 3.05) is 40.3 Å². The fraction of sp³-hybridized carbons (Fsp3) is 0.381. The maximum atomic E-state index is 13.1. The predicted octanol–water partition coefficient (Wildman–Crippen LogP) is 2.11. The molecule has 0 saturated carbocycles. The van der Waals surface area contributed by atoms with E-state index in [0.29, 0.717) is 31.9 Å². The average Bonchev–Trinajstić information content (AvgIpc) is 2.67. The summed E-state index contributed by atoms with van der Waals surface area (Å²) in [5.74, 6) is -0.0230. The Hall–Kier alpha value is -2.73. The normalized spacial score (nSPS) is 14.5. The van der Waals surface area contributed by atoms with E-state index in [0.717, 1.165) is 17.7 Å². The second-order valence-electron chi connectivity index (χ2n) is 7.14. The molecular formula is C21H26N4O2. The molecule has 1 aliphatic heterocycles. The molecule has 0 radical (unpaired) electrons. The van der Waals surface area contributed by atoms with Crippen LogP contribution in [0.4, 0.5) is 0 Å². The monoisotopic (exact) mass is 366 g/mol. The van der Waals surface area contributed by atoms with Gasteiger partial charge in [0.2, 0.25) is 5.91 Å². The van der Waals surface area contributed by atoms with Crippen LogP contribution in [0, 0.1) is 0 Å². The zero-order valence-electron chi connectivity index (χ0n) is 16.2. The summed E-state index contributed by atoms with van der Waals surface area (Å²) < 4.78 is 0. The second kappa shape index (κ2) is 8.31. The van der Waals surface area contributed by atoms with Crippen molar-refractivity contribution >= 4 is 11.8 Å². The van der Waals surface area contributed by atoms with Crippen LogP contribution in [0.1, 0.15) is 23.0 Å². The van der Waals surface area contributed by atoms with Crippen LogP contribution in [-0.4, -0.2) is 71.8 Å². The number of pyridine rings is 1. The van der Waals surface area contributed by atoms with Crippen molar-refractivity contribution in [2.45, 2.75) is 13.5 Å². The molecule has 6 heteroatoms. The van der Waals surface area contributed by atoms with Gasteiger partial charge in [-0.2, -0.15) is 0 Å². The van der Waals surface area contributed by atoms with E-state index in [1.807, 2.05) is 38.4 Å². The van der Waals surface area contributed by atoms with Crippen molar-refractivity contribution in [3.63, 3.8) is 0 Å². The summed E-state index contributed by atoms with van der Waals surface area (Å²) in [4.78, 5) is 34.6. The van der Waals surface area contributed by atoms with Crippen LogP contribution in [0.3, 0.4) is 0 Å². The number of hydrogen-bond donors (Lipinski definition) is 0. The molecule has 6 nitrogen and oxygen atoms in total. The Bertz CT molecular complexity index is 826. The maximum absolute atomic E-state index is 13.1. The molecule has 1 aliphatic rings. The van der Waals surface area contributed by atoms with Gasteiger partial charge in [-0.05, 0) is 37.4 Å². The van der Waals surface area contributed by atoms with Gasteiger partial charge in [-0.1, -0.05) is 24.3 Å². The molecule has 1 fully saturated rings. The first-order chi connectivity index (χ1) is 13.0. The van der Waals surface area contributed by atoms with Gasteiger partial charge in [0.25, 0.3) is 5.91 Å².